The molecule has 0 aliphatic carbocycles. The van der Waals surface area contributed by atoms with Gasteiger partial charge in [0.15, 0.2) is 0 Å². The van der Waals surface area contributed by atoms with E-state index in [1.807, 2.05) is 30.3 Å². The molecular formula is C16H16BrFO2. The van der Waals surface area contributed by atoms with E-state index in [9.17, 15) is 4.39 Å². The molecule has 0 saturated heterocycles. The molecule has 0 N–H and O–H groups in total. The van der Waals surface area contributed by atoms with Gasteiger partial charge in [0, 0.05) is 11.6 Å². The fourth-order valence-electron chi connectivity index (χ4n) is 1.83. The average molecular weight is 339 g/mol. The summed E-state index contributed by atoms with van der Waals surface area (Å²) in [5, 5.41) is 0. The lowest BCUT2D eigenvalue weighted by Gasteiger charge is -2.08. The maximum absolute atomic E-state index is 13.2. The number of methoxy groups -OCH3 is 1. The highest BCUT2D eigenvalue weighted by molar-refractivity contribution is 9.10. The van der Waals surface area contributed by atoms with Crippen molar-refractivity contribution < 1.29 is 13.9 Å². The molecule has 0 heterocycles. The first-order chi connectivity index (χ1) is 9.67. The second-order valence-corrected chi connectivity index (χ2v) is 5.37. The molecule has 0 spiro atoms. The van der Waals surface area contributed by atoms with E-state index < -0.39 is 0 Å². The highest BCUT2D eigenvalue weighted by Gasteiger charge is 2.01. The Morgan fingerprint density at radius 1 is 1.05 bits per heavy atom. The van der Waals surface area contributed by atoms with Crippen molar-refractivity contribution in [3.05, 3.63) is 63.9 Å². The van der Waals surface area contributed by atoms with Gasteiger partial charge in [-0.05, 0) is 47.9 Å². The van der Waals surface area contributed by atoms with Crippen LogP contribution in [0, 0.1) is 5.82 Å². The molecule has 106 valence electrons. The maximum atomic E-state index is 13.2. The molecule has 0 aromatic heterocycles. The van der Waals surface area contributed by atoms with Gasteiger partial charge in [-0.15, -0.1) is 0 Å². The van der Waals surface area contributed by atoms with Gasteiger partial charge in [-0.25, -0.2) is 4.39 Å². The van der Waals surface area contributed by atoms with Gasteiger partial charge >= 0.3 is 0 Å². The fourth-order valence-corrected chi connectivity index (χ4v) is 2.35. The SMILES string of the molecule is COCCc1ccc(OCc2cc(F)cc(Br)c2)cc1. The van der Waals surface area contributed by atoms with Crippen LogP contribution in [0.3, 0.4) is 0 Å². The molecule has 2 aromatic rings. The lowest BCUT2D eigenvalue weighted by Crippen LogP contribution is -1.97. The van der Waals surface area contributed by atoms with Gasteiger partial charge in [-0.1, -0.05) is 28.1 Å². The molecule has 2 rings (SSSR count). The number of rotatable bonds is 6. The van der Waals surface area contributed by atoms with Crippen LogP contribution in [0.5, 0.6) is 5.75 Å². The van der Waals surface area contributed by atoms with Crippen molar-refractivity contribution in [1.29, 1.82) is 0 Å². The monoisotopic (exact) mass is 338 g/mol. The zero-order valence-electron chi connectivity index (χ0n) is 11.2. The van der Waals surface area contributed by atoms with E-state index in [0.717, 1.165) is 17.7 Å². The summed E-state index contributed by atoms with van der Waals surface area (Å²) in [7, 11) is 1.69. The minimum atomic E-state index is -0.270. The van der Waals surface area contributed by atoms with Crippen LogP contribution >= 0.6 is 15.9 Å². The summed E-state index contributed by atoms with van der Waals surface area (Å²) in [6, 6.07) is 12.6. The van der Waals surface area contributed by atoms with Crippen LogP contribution in [-0.4, -0.2) is 13.7 Å². The van der Waals surface area contributed by atoms with Crippen molar-refractivity contribution in [3.8, 4) is 5.75 Å². The molecule has 0 saturated carbocycles. The summed E-state index contributed by atoms with van der Waals surface area (Å²) >= 11 is 3.27. The van der Waals surface area contributed by atoms with Crippen molar-refractivity contribution in [2.75, 3.05) is 13.7 Å². The van der Waals surface area contributed by atoms with Gasteiger partial charge < -0.3 is 9.47 Å². The van der Waals surface area contributed by atoms with Crippen molar-refractivity contribution in [2.24, 2.45) is 0 Å². The van der Waals surface area contributed by atoms with Crippen LogP contribution in [0.25, 0.3) is 0 Å². The normalized spacial score (nSPS) is 10.6. The third kappa shape index (κ3) is 4.62. The Bertz CT molecular complexity index is 535. The summed E-state index contributed by atoms with van der Waals surface area (Å²) in [5.74, 6) is 0.499. The molecule has 4 heteroatoms. The van der Waals surface area contributed by atoms with Crippen LogP contribution in [0.1, 0.15) is 11.1 Å². The summed E-state index contributed by atoms with van der Waals surface area (Å²) in [5.41, 5.74) is 1.99. The first kappa shape index (κ1) is 15.0. The van der Waals surface area contributed by atoms with E-state index in [1.54, 1.807) is 7.11 Å². The van der Waals surface area contributed by atoms with Crippen molar-refractivity contribution in [2.45, 2.75) is 13.0 Å². The van der Waals surface area contributed by atoms with Gasteiger partial charge in [0.2, 0.25) is 0 Å². The molecule has 0 fully saturated rings. The highest BCUT2D eigenvalue weighted by atomic mass is 79.9. The third-order valence-corrected chi connectivity index (χ3v) is 3.30. The second-order valence-electron chi connectivity index (χ2n) is 4.45. The van der Waals surface area contributed by atoms with Gasteiger partial charge in [-0.2, -0.15) is 0 Å². The Hall–Kier alpha value is -1.39. The topological polar surface area (TPSA) is 18.5 Å². The van der Waals surface area contributed by atoms with E-state index in [-0.39, 0.29) is 5.82 Å². The molecule has 0 radical (unpaired) electrons. The third-order valence-electron chi connectivity index (χ3n) is 2.85. The van der Waals surface area contributed by atoms with Gasteiger partial charge in [-0.3, -0.25) is 0 Å². The molecule has 0 amide bonds. The molecule has 0 bridgehead atoms. The zero-order chi connectivity index (χ0) is 14.4. The summed E-state index contributed by atoms with van der Waals surface area (Å²) in [6.45, 7) is 1.05. The molecule has 0 atom stereocenters. The van der Waals surface area contributed by atoms with Gasteiger partial charge in [0.1, 0.15) is 18.2 Å². The molecular weight excluding hydrogens is 323 g/mol. The number of hydrogen-bond acceptors (Lipinski definition) is 2. The number of benzene rings is 2. The Kier molecular flexibility index (Phi) is 5.56. The van der Waals surface area contributed by atoms with Crippen LogP contribution in [-0.2, 0) is 17.8 Å². The van der Waals surface area contributed by atoms with E-state index in [2.05, 4.69) is 15.9 Å². The van der Waals surface area contributed by atoms with Crippen molar-refractivity contribution in [1.82, 2.24) is 0 Å². The first-order valence-corrected chi connectivity index (χ1v) is 7.12. The Labute approximate surface area is 126 Å². The summed E-state index contributed by atoms with van der Waals surface area (Å²) in [6.07, 6.45) is 0.883. The number of ether oxygens (including phenoxy) is 2. The molecule has 0 unspecified atom stereocenters. The smallest absolute Gasteiger partial charge is 0.124 e. The van der Waals surface area contributed by atoms with E-state index in [4.69, 9.17) is 9.47 Å². The molecule has 20 heavy (non-hydrogen) atoms. The fraction of sp³-hybridized carbons (Fsp3) is 0.250. The summed E-state index contributed by atoms with van der Waals surface area (Å²) in [4.78, 5) is 0. The van der Waals surface area contributed by atoms with Crippen LogP contribution in [0.4, 0.5) is 4.39 Å². The quantitative estimate of drug-likeness (QED) is 0.779. The van der Waals surface area contributed by atoms with Crippen molar-refractivity contribution >= 4 is 15.9 Å². The van der Waals surface area contributed by atoms with Gasteiger partial charge in [0.25, 0.3) is 0 Å². The average Bonchev–Trinajstić information content (AvgIpc) is 2.43. The Morgan fingerprint density at radius 2 is 1.80 bits per heavy atom. The number of hydrogen-bond donors (Lipinski definition) is 0. The Morgan fingerprint density at radius 3 is 2.45 bits per heavy atom. The van der Waals surface area contributed by atoms with E-state index in [0.29, 0.717) is 17.7 Å². The largest absolute Gasteiger partial charge is 0.489 e. The van der Waals surface area contributed by atoms with E-state index >= 15 is 0 Å². The number of halogens is 2. The predicted molar refractivity (Wildman–Crippen MR) is 80.5 cm³/mol. The second kappa shape index (κ2) is 7.41. The summed E-state index contributed by atoms with van der Waals surface area (Å²) < 4.78 is 24.6. The van der Waals surface area contributed by atoms with Crippen LogP contribution < -0.4 is 4.74 Å². The van der Waals surface area contributed by atoms with Crippen LogP contribution in [0.2, 0.25) is 0 Å². The Balaban J connectivity index is 1.93. The zero-order valence-corrected chi connectivity index (χ0v) is 12.8. The minimum Gasteiger partial charge on any atom is -0.489 e. The lowest BCUT2D eigenvalue weighted by atomic mass is 10.1. The lowest BCUT2D eigenvalue weighted by molar-refractivity contribution is 0.202. The van der Waals surface area contributed by atoms with Gasteiger partial charge in [0.05, 0.1) is 6.61 Å². The van der Waals surface area contributed by atoms with Crippen molar-refractivity contribution in [3.63, 3.8) is 0 Å². The molecule has 0 aliphatic rings. The minimum absolute atomic E-state index is 0.270. The highest BCUT2D eigenvalue weighted by Crippen LogP contribution is 2.18. The van der Waals surface area contributed by atoms with Crippen LogP contribution in [0.15, 0.2) is 46.9 Å². The van der Waals surface area contributed by atoms with E-state index in [1.165, 1.54) is 17.7 Å². The molecule has 0 aliphatic heterocycles. The molecule has 2 nitrogen and oxygen atoms in total. The standard InChI is InChI=1S/C16H16BrFO2/c1-19-7-6-12-2-4-16(5-3-12)20-11-13-8-14(17)10-15(18)9-13/h2-5,8-10H,6-7,11H2,1H3. The molecule has 2 aromatic carbocycles. The maximum Gasteiger partial charge on any atom is 0.124 e. The first-order valence-electron chi connectivity index (χ1n) is 6.33. The predicted octanol–water partition coefficient (Wildman–Crippen LogP) is 4.36.